The van der Waals surface area contributed by atoms with Gasteiger partial charge in [-0.15, -0.1) is 0 Å². The Balaban J connectivity index is 1.95. The molecule has 0 aromatic heterocycles. The number of carbonyl (C=O) groups is 2. The lowest BCUT2D eigenvalue weighted by molar-refractivity contribution is -0.120. The van der Waals surface area contributed by atoms with Gasteiger partial charge in [-0.2, -0.15) is 0 Å². The molecule has 0 unspecified atom stereocenters. The molecule has 2 amide bonds. The van der Waals surface area contributed by atoms with Crippen LogP contribution in [0.15, 0.2) is 48.5 Å². The summed E-state index contributed by atoms with van der Waals surface area (Å²) >= 11 is 0. The summed E-state index contributed by atoms with van der Waals surface area (Å²) in [5.74, 6) is 0.676. The van der Waals surface area contributed by atoms with Crippen LogP contribution < -0.4 is 15.4 Å². The van der Waals surface area contributed by atoms with Crippen LogP contribution in [-0.4, -0.2) is 43.5 Å². The molecule has 0 spiro atoms. The van der Waals surface area contributed by atoms with Crippen molar-refractivity contribution >= 4 is 23.2 Å². The lowest BCUT2D eigenvalue weighted by atomic mass is 10.0. The maximum absolute atomic E-state index is 12.5. The normalized spacial score (nSPS) is 10.8. The second-order valence-electron chi connectivity index (χ2n) is 7.29. The monoisotopic (exact) mass is 397 g/mol. The average molecular weight is 398 g/mol. The molecule has 0 bridgehead atoms. The Bertz CT molecular complexity index is 821. The zero-order valence-corrected chi connectivity index (χ0v) is 17.7. The largest absolute Gasteiger partial charge is 0.495 e. The minimum atomic E-state index is -0.183. The van der Waals surface area contributed by atoms with Crippen molar-refractivity contribution in [1.29, 1.82) is 0 Å². The van der Waals surface area contributed by atoms with E-state index < -0.39 is 0 Å². The Labute approximate surface area is 173 Å². The van der Waals surface area contributed by atoms with Crippen LogP contribution in [0.5, 0.6) is 5.75 Å². The number of para-hydroxylation sites is 2. The Hall–Kier alpha value is -2.86. The fourth-order valence-electron chi connectivity index (χ4n) is 3.05. The van der Waals surface area contributed by atoms with Crippen molar-refractivity contribution in [1.82, 2.24) is 4.90 Å². The van der Waals surface area contributed by atoms with E-state index in [1.54, 1.807) is 19.2 Å². The predicted molar refractivity (Wildman–Crippen MR) is 118 cm³/mol. The Kier molecular flexibility index (Phi) is 8.68. The van der Waals surface area contributed by atoms with Gasteiger partial charge in [0.1, 0.15) is 5.75 Å². The quantitative estimate of drug-likeness (QED) is 0.633. The standard InChI is InChI=1S/C23H31N3O3/c1-5-13-26(16-23(28)25-20-11-6-7-12-21(20)29-4)15-22(27)24-19-10-8-9-18(14-19)17(2)3/h6-12,14,17H,5,13,15-16H2,1-4H3,(H,24,27)(H,25,28). The third kappa shape index (κ3) is 7.23. The maximum Gasteiger partial charge on any atom is 0.238 e. The second kappa shape index (κ2) is 11.2. The molecule has 0 aliphatic heterocycles. The van der Waals surface area contributed by atoms with Gasteiger partial charge in [0, 0.05) is 5.69 Å². The molecule has 0 saturated heterocycles. The van der Waals surface area contributed by atoms with Gasteiger partial charge in [-0.3, -0.25) is 14.5 Å². The molecule has 0 aliphatic rings. The fraction of sp³-hybridized carbons (Fsp3) is 0.391. The van der Waals surface area contributed by atoms with Crippen LogP contribution in [0.25, 0.3) is 0 Å². The number of ether oxygens (including phenoxy) is 1. The van der Waals surface area contributed by atoms with E-state index in [1.807, 2.05) is 48.2 Å². The molecular weight excluding hydrogens is 366 g/mol. The van der Waals surface area contributed by atoms with E-state index >= 15 is 0 Å². The molecule has 0 saturated carbocycles. The summed E-state index contributed by atoms with van der Waals surface area (Å²) in [5.41, 5.74) is 2.56. The van der Waals surface area contributed by atoms with Crippen LogP contribution in [0.2, 0.25) is 0 Å². The SMILES string of the molecule is CCCN(CC(=O)Nc1cccc(C(C)C)c1)CC(=O)Nc1ccccc1OC. The summed E-state index contributed by atoms with van der Waals surface area (Å²) in [5, 5.41) is 5.79. The number of carbonyl (C=O) groups excluding carboxylic acids is 2. The number of anilines is 2. The lowest BCUT2D eigenvalue weighted by Crippen LogP contribution is -2.39. The number of benzene rings is 2. The number of hydrogen-bond donors (Lipinski definition) is 2. The van der Waals surface area contributed by atoms with E-state index in [1.165, 1.54) is 5.56 Å². The molecule has 2 N–H and O–H groups in total. The molecule has 6 heteroatoms. The van der Waals surface area contributed by atoms with Crippen molar-refractivity contribution in [3.8, 4) is 5.75 Å². The Morgan fingerprint density at radius 3 is 2.34 bits per heavy atom. The average Bonchev–Trinajstić information content (AvgIpc) is 2.68. The van der Waals surface area contributed by atoms with Crippen molar-refractivity contribution in [2.24, 2.45) is 0 Å². The van der Waals surface area contributed by atoms with Crippen LogP contribution >= 0.6 is 0 Å². The highest BCUT2D eigenvalue weighted by atomic mass is 16.5. The molecule has 0 radical (unpaired) electrons. The van der Waals surface area contributed by atoms with Crippen LogP contribution in [0.1, 0.15) is 38.7 Å². The summed E-state index contributed by atoms with van der Waals surface area (Å²) < 4.78 is 5.26. The Morgan fingerprint density at radius 1 is 1.00 bits per heavy atom. The number of amides is 2. The number of rotatable bonds is 10. The molecule has 2 aromatic rings. The second-order valence-corrected chi connectivity index (χ2v) is 7.29. The minimum absolute atomic E-state index is 0.130. The van der Waals surface area contributed by atoms with Crippen molar-refractivity contribution in [3.05, 3.63) is 54.1 Å². The number of nitrogens with zero attached hydrogens (tertiary/aromatic N) is 1. The first-order chi connectivity index (χ1) is 13.9. The molecule has 2 aromatic carbocycles. The number of hydrogen-bond acceptors (Lipinski definition) is 4. The van der Waals surface area contributed by atoms with Crippen LogP contribution in [0.4, 0.5) is 11.4 Å². The predicted octanol–water partition coefficient (Wildman–Crippen LogP) is 4.11. The van der Waals surface area contributed by atoms with Crippen molar-refractivity contribution in [3.63, 3.8) is 0 Å². The van der Waals surface area contributed by atoms with Gasteiger partial charge in [0.15, 0.2) is 0 Å². The van der Waals surface area contributed by atoms with Crippen LogP contribution in [0, 0.1) is 0 Å². The zero-order valence-electron chi connectivity index (χ0n) is 17.7. The van der Waals surface area contributed by atoms with Crippen molar-refractivity contribution < 1.29 is 14.3 Å². The number of nitrogens with one attached hydrogen (secondary N) is 2. The summed E-state index contributed by atoms with van der Waals surface area (Å²) in [6.45, 7) is 7.19. The van der Waals surface area contributed by atoms with Gasteiger partial charge in [-0.25, -0.2) is 0 Å². The molecular formula is C23H31N3O3. The minimum Gasteiger partial charge on any atom is -0.495 e. The van der Waals surface area contributed by atoms with Crippen LogP contribution in [-0.2, 0) is 9.59 Å². The molecule has 156 valence electrons. The molecule has 0 heterocycles. The van der Waals surface area contributed by atoms with Crippen molar-refractivity contribution in [2.75, 3.05) is 37.4 Å². The van der Waals surface area contributed by atoms with E-state index in [-0.39, 0.29) is 24.9 Å². The lowest BCUT2D eigenvalue weighted by Gasteiger charge is -2.21. The highest BCUT2D eigenvalue weighted by molar-refractivity contribution is 5.95. The summed E-state index contributed by atoms with van der Waals surface area (Å²) in [6, 6.07) is 15.1. The zero-order chi connectivity index (χ0) is 21.2. The van der Waals surface area contributed by atoms with E-state index in [0.717, 1.165) is 12.1 Å². The third-order valence-electron chi connectivity index (χ3n) is 4.49. The van der Waals surface area contributed by atoms with E-state index in [2.05, 4.69) is 24.5 Å². The van der Waals surface area contributed by atoms with E-state index in [4.69, 9.17) is 4.74 Å². The first kappa shape index (κ1) is 22.4. The highest BCUT2D eigenvalue weighted by Gasteiger charge is 2.15. The molecule has 0 atom stereocenters. The first-order valence-corrected chi connectivity index (χ1v) is 9.98. The molecule has 0 aliphatic carbocycles. The van der Waals surface area contributed by atoms with Gasteiger partial charge in [-0.1, -0.05) is 45.0 Å². The van der Waals surface area contributed by atoms with Gasteiger partial charge in [0.25, 0.3) is 0 Å². The number of methoxy groups -OCH3 is 1. The summed E-state index contributed by atoms with van der Waals surface area (Å²) in [4.78, 5) is 26.8. The molecule has 6 nitrogen and oxygen atoms in total. The van der Waals surface area contributed by atoms with Gasteiger partial charge < -0.3 is 15.4 Å². The summed E-state index contributed by atoms with van der Waals surface area (Å²) in [7, 11) is 1.56. The fourth-order valence-corrected chi connectivity index (χ4v) is 3.05. The third-order valence-corrected chi connectivity index (χ3v) is 4.49. The highest BCUT2D eigenvalue weighted by Crippen LogP contribution is 2.23. The summed E-state index contributed by atoms with van der Waals surface area (Å²) in [6.07, 6.45) is 0.845. The first-order valence-electron chi connectivity index (χ1n) is 9.98. The maximum atomic E-state index is 12.5. The molecule has 0 fully saturated rings. The Morgan fingerprint density at radius 2 is 1.69 bits per heavy atom. The van der Waals surface area contributed by atoms with Gasteiger partial charge in [-0.05, 0) is 48.7 Å². The van der Waals surface area contributed by atoms with E-state index in [9.17, 15) is 9.59 Å². The van der Waals surface area contributed by atoms with Crippen molar-refractivity contribution in [2.45, 2.75) is 33.1 Å². The van der Waals surface area contributed by atoms with Gasteiger partial charge >= 0.3 is 0 Å². The van der Waals surface area contributed by atoms with Gasteiger partial charge in [0.2, 0.25) is 11.8 Å². The van der Waals surface area contributed by atoms with E-state index in [0.29, 0.717) is 23.9 Å². The van der Waals surface area contributed by atoms with Gasteiger partial charge in [0.05, 0.1) is 25.9 Å². The van der Waals surface area contributed by atoms with Crippen LogP contribution in [0.3, 0.4) is 0 Å². The topological polar surface area (TPSA) is 70.7 Å². The smallest absolute Gasteiger partial charge is 0.238 e. The molecule has 29 heavy (non-hydrogen) atoms. The molecule has 2 rings (SSSR count).